The van der Waals surface area contributed by atoms with E-state index in [9.17, 15) is 0 Å². The van der Waals surface area contributed by atoms with Crippen molar-refractivity contribution < 1.29 is 4.74 Å². The van der Waals surface area contributed by atoms with E-state index < -0.39 is 0 Å². The summed E-state index contributed by atoms with van der Waals surface area (Å²) in [7, 11) is 1.72. The quantitative estimate of drug-likeness (QED) is 0.919. The van der Waals surface area contributed by atoms with Gasteiger partial charge in [0.1, 0.15) is 5.75 Å². The van der Waals surface area contributed by atoms with Crippen LogP contribution in [0, 0.1) is 13.8 Å². The first kappa shape index (κ1) is 13.5. The van der Waals surface area contributed by atoms with Crippen LogP contribution >= 0.6 is 15.9 Å². The van der Waals surface area contributed by atoms with Gasteiger partial charge >= 0.3 is 0 Å². The zero-order valence-electron chi connectivity index (χ0n) is 10.4. The molecule has 1 rings (SSSR count). The zero-order valence-corrected chi connectivity index (χ0v) is 12.0. The minimum absolute atomic E-state index is 0.453. The van der Waals surface area contributed by atoms with Crippen molar-refractivity contribution in [2.24, 2.45) is 5.73 Å². The Morgan fingerprint density at radius 3 is 2.56 bits per heavy atom. The number of benzene rings is 1. The van der Waals surface area contributed by atoms with E-state index in [4.69, 9.17) is 10.5 Å². The second-order valence-corrected chi connectivity index (χ2v) is 5.08. The second-order valence-electron chi connectivity index (χ2n) is 4.23. The van der Waals surface area contributed by atoms with Crippen LogP contribution in [0.25, 0.3) is 0 Å². The van der Waals surface area contributed by atoms with Gasteiger partial charge in [0.25, 0.3) is 0 Å². The van der Waals surface area contributed by atoms with Crippen molar-refractivity contribution in [2.45, 2.75) is 33.1 Å². The molecular weight excluding hydrogens is 266 g/mol. The predicted octanol–water partition coefficient (Wildman–Crippen LogP) is 3.53. The molecule has 0 aromatic heterocycles. The molecule has 90 valence electrons. The molecule has 0 spiro atoms. The summed E-state index contributed by atoms with van der Waals surface area (Å²) in [5.41, 5.74) is 9.31. The number of nitrogens with two attached hydrogens (primary N) is 1. The highest BCUT2D eigenvalue weighted by molar-refractivity contribution is 9.10. The van der Waals surface area contributed by atoms with Crippen molar-refractivity contribution in [1.29, 1.82) is 0 Å². The maximum atomic E-state index is 5.62. The molecule has 1 unspecified atom stereocenters. The predicted molar refractivity (Wildman–Crippen MR) is 72.3 cm³/mol. The van der Waals surface area contributed by atoms with E-state index in [2.05, 4.69) is 42.8 Å². The van der Waals surface area contributed by atoms with Crippen molar-refractivity contribution >= 4 is 15.9 Å². The van der Waals surface area contributed by atoms with Gasteiger partial charge in [-0.3, -0.25) is 0 Å². The normalized spacial score (nSPS) is 12.6. The summed E-state index contributed by atoms with van der Waals surface area (Å²) in [4.78, 5) is 0. The Bertz CT molecular complexity index is 377. The Balaban J connectivity index is 3.27. The number of aryl methyl sites for hydroxylation is 1. The van der Waals surface area contributed by atoms with Crippen LogP contribution in [0.15, 0.2) is 10.5 Å². The highest BCUT2D eigenvalue weighted by atomic mass is 79.9. The number of rotatable bonds is 4. The molecule has 1 atom stereocenters. The lowest BCUT2D eigenvalue weighted by atomic mass is 9.92. The van der Waals surface area contributed by atoms with Gasteiger partial charge in [0.15, 0.2) is 0 Å². The standard InChI is InChI=1S/C13H20BrNO/c1-8(5-6-15)12-10(3)13(16-4)9(2)7-11(12)14/h7-8H,5-6,15H2,1-4H3. The number of methoxy groups -OCH3 is 1. The first-order chi connectivity index (χ1) is 7.52. The monoisotopic (exact) mass is 285 g/mol. The van der Waals surface area contributed by atoms with Crippen LogP contribution < -0.4 is 10.5 Å². The van der Waals surface area contributed by atoms with Crippen LogP contribution in [0.5, 0.6) is 5.75 Å². The average molecular weight is 286 g/mol. The van der Waals surface area contributed by atoms with Gasteiger partial charge in [-0.2, -0.15) is 0 Å². The number of ether oxygens (including phenoxy) is 1. The van der Waals surface area contributed by atoms with Gasteiger partial charge in [0, 0.05) is 4.47 Å². The van der Waals surface area contributed by atoms with Gasteiger partial charge in [0.05, 0.1) is 7.11 Å². The molecule has 1 aromatic carbocycles. The van der Waals surface area contributed by atoms with E-state index in [-0.39, 0.29) is 0 Å². The molecule has 0 bridgehead atoms. The molecule has 1 aromatic rings. The molecular formula is C13H20BrNO. The van der Waals surface area contributed by atoms with Crippen LogP contribution in [-0.4, -0.2) is 13.7 Å². The molecule has 0 aliphatic heterocycles. The molecule has 0 saturated heterocycles. The van der Waals surface area contributed by atoms with Gasteiger partial charge < -0.3 is 10.5 Å². The summed E-state index contributed by atoms with van der Waals surface area (Å²) in [6.45, 7) is 7.09. The fourth-order valence-corrected chi connectivity index (χ4v) is 3.28. The van der Waals surface area contributed by atoms with Crippen LogP contribution in [0.2, 0.25) is 0 Å². The maximum Gasteiger partial charge on any atom is 0.125 e. The molecule has 3 heteroatoms. The third kappa shape index (κ3) is 2.58. The third-order valence-corrected chi connectivity index (χ3v) is 3.66. The van der Waals surface area contributed by atoms with Crippen LogP contribution in [-0.2, 0) is 0 Å². The Morgan fingerprint density at radius 1 is 1.44 bits per heavy atom. The molecule has 0 aliphatic rings. The van der Waals surface area contributed by atoms with Crippen molar-refractivity contribution in [3.8, 4) is 5.75 Å². The topological polar surface area (TPSA) is 35.2 Å². The molecule has 2 N–H and O–H groups in total. The summed E-state index contributed by atoms with van der Waals surface area (Å²) in [5, 5.41) is 0. The number of hydrogen-bond acceptors (Lipinski definition) is 2. The minimum atomic E-state index is 0.453. The zero-order chi connectivity index (χ0) is 12.3. The van der Waals surface area contributed by atoms with Crippen molar-refractivity contribution in [3.63, 3.8) is 0 Å². The molecule has 0 aliphatic carbocycles. The lowest BCUT2D eigenvalue weighted by Crippen LogP contribution is -2.07. The van der Waals surface area contributed by atoms with Crippen LogP contribution in [0.4, 0.5) is 0 Å². The molecule has 16 heavy (non-hydrogen) atoms. The van der Waals surface area contributed by atoms with Crippen molar-refractivity contribution in [1.82, 2.24) is 0 Å². The summed E-state index contributed by atoms with van der Waals surface area (Å²) in [6.07, 6.45) is 0.992. The second kappa shape index (κ2) is 5.69. The molecule has 2 nitrogen and oxygen atoms in total. The van der Waals surface area contributed by atoms with Gasteiger partial charge in [-0.05, 0) is 55.5 Å². The van der Waals surface area contributed by atoms with E-state index in [1.54, 1.807) is 7.11 Å². The van der Waals surface area contributed by atoms with Gasteiger partial charge in [0.2, 0.25) is 0 Å². The molecule has 0 saturated carbocycles. The lowest BCUT2D eigenvalue weighted by Gasteiger charge is -2.20. The maximum absolute atomic E-state index is 5.62. The van der Waals surface area contributed by atoms with E-state index in [1.807, 2.05) is 0 Å². The summed E-state index contributed by atoms with van der Waals surface area (Å²) in [5.74, 6) is 1.44. The fraction of sp³-hybridized carbons (Fsp3) is 0.538. The fourth-order valence-electron chi connectivity index (χ4n) is 2.24. The summed E-state index contributed by atoms with van der Waals surface area (Å²) in [6, 6.07) is 2.12. The highest BCUT2D eigenvalue weighted by Gasteiger charge is 2.16. The van der Waals surface area contributed by atoms with E-state index in [1.165, 1.54) is 11.1 Å². The van der Waals surface area contributed by atoms with Crippen LogP contribution in [0.3, 0.4) is 0 Å². The number of hydrogen-bond donors (Lipinski definition) is 1. The van der Waals surface area contributed by atoms with Gasteiger partial charge in [-0.15, -0.1) is 0 Å². The Morgan fingerprint density at radius 2 is 2.06 bits per heavy atom. The highest BCUT2D eigenvalue weighted by Crippen LogP contribution is 2.37. The van der Waals surface area contributed by atoms with Crippen molar-refractivity contribution in [2.75, 3.05) is 13.7 Å². The van der Waals surface area contributed by atoms with E-state index in [0.29, 0.717) is 12.5 Å². The summed E-state index contributed by atoms with van der Waals surface area (Å²) >= 11 is 3.64. The average Bonchev–Trinajstić information content (AvgIpc) is 2.17. The summed E-state index contributed by atoms with van der Waals surface area (Å²) < 4.78 is 6.60. The van der Waals surface area contributed by atoms with Gasteiger partial charge in [-0.1, -0.05) is 22.9 Å². The SMILES string of the molecule is COc1c(C)cc(Br)c(C(C)CCN)c1C. The largest absolute Gasteiger partial charge is 0.496 e. The Kier molecular flexibility index (Phi) is 4.81. The van der Waals surface area contributed by atoms with E-state index >= 15 is 0 Å². The van der Waals surface area contributed by atoms with Crippen LogP contribution in [0.1, 0.15) is 36.0 Å². The van der Waals surface area contributed by atoms with E-state index in [0.717, 1.165) is 22.2 Å². The molecule has 0 amide bonds. The Labute approximate surface area is 106 Å². The number of halogens is 1. The first-order valence-electron chi connectivity index (χ1n) is 5.56. The Hall–Kier alpha value is -0.540. The lowest BCUT2D eigenvalue weighted by molar-refractivity contribution is 0.407. The smallest absolute Gasteiger partial charge is 0.125 e. The minimum Gasteiger partial charge on any atom is -0.496 e. The third-order valence-electron chi connectivity index (χ3n) is 3.00. The molecule has 0 fully saturated rings. The van der Waals surface area contributed by atoms with Gasteiger partial charge in [-0.25, -0.2) is 0 Å². The van der Waals surface area contributed by atoms with Crippen molar-refractivity contribution in [3.05, 3.63) is 27.2 Å². The first-order valence-corrected chi connectivity index (χ1v) is 6.35. The molecule has 0 heterocycles. The molecule has 0 radical (unpaired) electrons.